The first kappa shape index (κ1) is 13.2. The number of thiophene rings is 1. The molecule has 21 heavy (non-hydrogen) atoms. The predicted octanol–water partition coefficient (Wildman–Crippen LogP) is 3.43. The van der Waals surface area contributed by atoms with E-state index in [-0.39, 0.29) is 23.9 Å². The summed E-state index contributed by atoms with van der Waals surface area (Å²) in [6, 6.07) is 6.87. The van der Waals surface area contributed by atoms with E-state index in [9.17, 15) is 9.18 Å². The predicted molar refractivity (Wildman–Crippen MR) is 80.2 cm³/mol. The van der Waals surface area contributed by atoms with Gasteiger partial charge in [0.25, 0.3) is 5.91 Å². The van der Waals surface area contributed by atoms with Crippen LogP contribution in [-0.2, 0) is 4.74 Å². The van der Waals surface area contributed by atoms with Crippen LogP contribution < -0.4 is 0 Å². The minimum Gasteiger partial charge on any atom is -0.374 e. The van der Waals surface area contributed by atoms with Crippen LogP contribution in [0.1, 0.15) is 28.9 Å². The summed E-state index contributed by atoms with van der Waals surface area (Å²) in [6.07, 6.45) is 3.35. The quantitative estimate of drug-likeness (QED) is 0.808. The molecule has 1 aliphatic carbocycles. The van der Waals surface area contributed by atoms with E-state index in [4.69, 9.17) is 4.74 Å². The van der Waals surface area contributed by atoms with Gasteiger partial charge >= 0.3 is 0 Å². The molecule has 2 aromatic rings. The lowest BCUT2D eigenvalue weighted by atomic mass is 10.1. The summed E-state index contributed by atoms with van der Waals surface area (Å²) in [6.45, 7) is 1.24. The van der Waals surface area contributed by atoms with Gasteiger partial charge < -0.3 is 9.64 Å². The van der Waals surface area contributed by atoms with Crippen molar-refractivity contribution in [3.63, 3.8) is 0 Å². The Kier molecular flexibility index (Phi) is 3.19. The first-order valence-corrected chi connectivity index (χ1v) is 8.16. The van der Waals surface area contributed by atoms with Crippen molar-refractivity contribution in [1.29, 1.82) is 0 Å². The first-order valence-electron chi connectivity index (χ1n) is 7.34. The van der Waals surface area contributed by atoms with Gasteiger partial charge in [-0.2, -0.15) is 0 Å². The third-order valence-corrected chi connectivity index (χ3v) is 5.55. The number of halogens is 1. The number of hydrogen-bond acceptors (Lipinski definition) is 3. The fourth-order valence-electron chi connectivity index (χ4n) is 3.45. The summed E-state index contributed by atoms with van der Waals surface area (Å²) in [4.78, 5) is 15.3. The van der Waals surface area contributed by atoms with Crippen LogP contribution in [0.25, 0.3) is 10.1 Å². The Labute approximate surface area is 126 Å². The van der Waals surface area contributed by atoms with Crippen LogP contribution in [0.3, 0.4) is 0 Å². The van der Waals surface area contributed by atoms with Crippen LogP contribution in [0, 0.1) is 5.82 Å². The Morgan fingerprint density at radius 1 is 1.38 bits per heavy atom. The molecule has 2 fully saturated rings. The molecule has 2 aliphatic rings. The standard InChI is InChI=1S/C16H16FNO2S/c17-11-3-1-6-14-10(11)9-15(21-14)16(19)18-7-8-20-13-5-2-4-12(13)18/h1,3,6,9,12-13H,2,4-5,7-8H2/t12-,13+/m0/s1. The number of amides is 1. The van der Waals surface area contributed by atoms with Gasteiger partial charge in [0.15, 0.2) is 0 Å². The average Bonchev–Trinajstić information content (AvgIpc) is 3.13. The Bertz CT molecular complexity index is 699. The molecule has 1 aromatic carbocycles. The summed E-state index contributed by atoms with van der Waals surface area (Å²) >= 11 is 1.38. The number of ether oxygens (including phenoxy) is 1. The highest BCUT2D eigenvalue weighted by Gasteiger charge is 2.39. The molecule has 2 atom stereocenters. The molecule has 1 aliphatic heterocycles. The Balaban J connectivity index is 1.67. The van der Waals surface area contributed by atoms with E-state index in [1.165, 1.54) is 17.4 Å². The smallest absolute Gasteiger partial charge is 0.264 e. The summed E-state index contributed by atoms with van der Waals surface area (Å²) < 4.78 is 20.4. The highest BCUT2D eigenvalue weighted by molar-refractivity contribution is 7.20. The molecule has 0 unspecified atom stereocenters. The molecule has 5 heteroatoms. The second-order valence-corrected chi connectivity index (χ2v) is 6.75. The number of fused-ring (bicyclic) bond motifs is 2. The highest BCUT2D eigenvalue weighted by atomic mass is 32.1. The fourth-order valence-corrected chi connectivity index (χ4v) is 4.48. The van der Waals surface area contributed by atoms with Crippen LogP contribution in [-0.4, -0.2) is 36.1 Å². The molecular formula is C16H16FNO2S. The van der Waals surface area contributed by atoms with Gasteiger partial charge in [0, 0.05) is 16.6 Å². The topological polar surface area (TPSA) is 29.5 Å². The second kappa shape index (κ2) is 5.07. The van der Waals surface area contributed by atoms with Crippen molar-refractivity contribution in [1.82, 2.24) is 4.90 Å². The summed E-state index contributed by atoms with van der Waals surface area (Å²) in [5.41, 5.74) is 0. The number of nitrogens with zero attached hydrogens (tertiary/aromatic N) is 1. The summed E-state index contributed by atoms with van der Waals surface area (Å²) in [5.74, 6) is -0.237. The minimum atomic E-state index is -0.261. The second-order valence-electron chi connectivity index (χ2n) is 5.67. The Morgan fingerprint density at radius 2 is 2.29 bits per heavy atom. The molecule has 1 amide bonds. The summed E-state index contributed by atoms with van der Waals surface area (Å²) in [7, 11) is 0. The molecule has 0 N–H and O–H groups in total. The third kappa shape index (κ3) is 2.15. The van der Waals surface area contributed by atoms with Crippen LogP contribution in [0.4, 0.5) is 4.39 Å². The Morgan fingerprint density at radius 3 is 3.14 bits per heavy atom. The zero-order valence-corrected chi connectivity index (χ0v) is 12.4. The van der Waals surface area contributed by atoms with Gasteiger partial charge in [0.2, 0.25) is 0 Å². The van der Waals surface area contributed by atoms with E-state index in [1.54, 1.807) is 12.1 Å². The molecule has 1 aromatic heterocycles. The zero-order valence-electron chi connectivity index (χ0n) is 11.5. The van der Waals surface area contributed by atoms with Crippen molar-refractivity contribution in [2.24, 2.45) is 0 Å². The fraction of sp³-hybridized carbons (Fsp3) is 0.438. The monoisotopic (exact) mass is 305 g/mol. The number of rotatable bonds is 1. The maximum absolute atomic E-state index is 13.8. The molecule has 1 saturated heterocycles. The average molecular weight is 305 g/mol. The molecule has 4 rings (SSSR count). The number of benzene rings is 1. The van der Waals surface area contributed by atoms with Gasteiger partial charge in [-0.05, 0) is 37.5 Å². The van der Waals surface area contributed by atoms with E-state index in [2.05, 4.69) is 0 Å². The lowest BCUT2D eigenvalue weighted by molar-refractivity contribution is -0.0443. The maximum Gasteiger partial charge on any atom is 0.264 e. The summed E-state index contributed by atoms with van der Waals surface area (Å²) in [5, 5.41) is 0.544. The molecule has 0 bridgehead atoms. The zero-order chi connectivity index (χ0) is 14.4. The third-order valence-electron chi connectivity index (χ3n) is 4.46. The number of morpholine rings is 1. The van der Waals surface area contributed by atoms with Crippen molar-refractivity contribution in [3.8, 4) is 0 Å². The largest absolute Gasteiger partial charge is 0.374 e. The molecule has 3 nitrogen and oxygen atoms in total. The number of carbonyl (C=O) groups excluding carboxylic acids is 1. The van der Waals surface area contributed by atoms with Gasteiger partial charge in [-0.3, -0.25) is 4.79 Å². The Hall–Kier alpha value is -1.46. The molecule has 2 heterocycles. The molecule has 0 radical (unpaired) electrons. The normalized spacial score (nSPS) is 25.3. The minimum absolute atomic E-state index is 0.0239. The van der Waals surface area contributed by atoms with Gasteiger partial charge in [-0.25, -0.2) is 4.39 Å². The van der Waals surface area contributed by atoms with Crippen molar-refractivity contribution in [2.75, 3.05) is 13.2 Å². The van der Waals surface area contributed by atoms with Crippen molar-refractivity contribution in [2.45, 2.75) is 31.4 Å². The van der Waals surface area contributed by atoms with Gasteiger partial charge in [-0.1, -0.05) is 6.07 Å². The lowest BCUT2D eigenvalue weighted by Gasteiger charge is -2.37. The molecule has 1 saturated carbocycles. The van der Waals surface area contributed by atoms with E-state index in [0.717, 1.165) is 24.0 Å². The number of carbonyl (C=O) groups is 1. The lowest BCUT2D eigenvalue weighted by Crippen LogP contribution is -2.51. The van der Waals surface area contributed by atoms with Crippen LogP contribution >= 0.6 is 11.3 Å². The first-order chi connectivity index (χ1) is 10.2. The van der Waals surface area contributed by atoms with Gasteiger partial charge in [0.05, 0.1) is 23.6 Å². The van der Waals surface area contributed by atoms with E-state index in [0.29, 0.717) is 23.4 Å². The van der Waals surface area contributed by atoms with Crippen molar-refractivity contribution < 1.29 is 13.9 Å². The molecule has 0 spiro atoms. The van der Waals surface area contributed by atoms with Crippen molar-refractivity contribution >= 4 is 27.3 Å². The SMILES string of the molecule is O=C(c1cc2c(F)cccc2s1)N1CCO[C@@H]2CCC[C@@H]21. The van der Waals surface area contributed by atoms with E-state index < -0.39 is 0 Å². The van der Waals surface area contributed by atoms with Crippen LogP contribution in [0.2, 0.25) is 0 Å². The van der Waals surface area contributed by atoms with Crippen molar-refractivity contribution in [3.05, 3.63) is 35.0 Å². The highest BCUT2D eigenvalue weighted by Crippen LogP contribution is 2.33. The maximum atomic E-state index is 13.8. The van der Waals surface area contributed by atoms with Crippen LogP contribution in [0.5, 0.6) is 0 Å². The van der Waals surface area contributed by atoms with Crippen LogP contribution in [0.15, 0.2) is 24.3 Å². The molecule has 110 valence electrons. The van der Waals surface area contributed by atoms with E-state index >= 15 is 0 Å². The van der Waals surface area contributed by atoms with E-state index in [1.807, 2.05) is 11.0 Å². The van der Waals surface area contributed by atoms with Gasteiger partial charge in [0.1, 0.15) is 5.82 Å². The molecular weight excluding hydrogens is 289 g/mol. The van der Waals surface area contributed by atoms with Gasteiger partial charge in [-0.15, -0.1) is 11.3 Å². The number of hydrogen-bond donors (Lipinski definition) is 0.